The van der Waals surface area contributed by atoms with Crippen LogP contribution in [-0.4, -0.2) is 33.3 Å². The largest absolute Gasteiger partial charge is 0.493 e. The van der Waals surface area contributed by atoms with Gasteiger partial charge < -0.3 is 29.3 Å². The second kappa shape index (κ2) is 11.4. The molecular weight excluding hydrogens is 472 g/mol. The van der Waals surface area contributed by atoms with Gasteiger partial charge in [0.25, 0.3) is 0 Å². The van der Waals surface area contributed by atoms with Gasteiger partial charge in [-0.1, -0.05) is 6.07 Å². The molecule has 8 nitrogen and oxygen atoms in total. The van der Waals surface area contributed by atoms with Gasteiger partial charge in [-0.3, -0.25) is 9.59 Å². The maximum Gasteiger partial charge on any atom is 0.217 e. The van der Waals surface area contributed by atoms with Crippen LogP contribution in [0.25, 0.3) is 11.1 Å². The van der Waals surface area contributed by atoms with E-state index in [4.69, 9.17) is 18.6 Å². The van der Waals surface area contributed by atoms with Crippen LogP contribution in [0.5, 0.6) is 17.2 Å². The molecule has 1 heterocycles. The summed E-state index contributed by atoms with van der Waals surface area (Å²) in [4.78, 5) is 25.5. The lowest BCUT2D eigenvalue weighted by atomic mass is 9.95. The Kier molecular flexibility index (Phi) is 8.06. The number of nitrogens with one attached hydrogen (secondary N) is 2. The molecule has 37 heavy (non-hydrogen) atoms. The summed E-state index contributed by atoms with van der Waals surface area (Å²) in [6, 6.07) is 10.8. The first-order valence-corrected chi connectivity index (χ1v) is 12.4. The van der Waals surface area contributed by atoms with Crippen LogP contribution in [0.1, 0.15) is 49.6 Å². The molecule has 0 fully saturated rings. The molecule has 2 N–H and O–H groups in total. The quantitative estimate of drug-likeness (QED) is 0.426. The maximum atomic E-state index is 13.4. The number of amides is 1. The fraction of sp³-hybridized carbons (Fsp3) is 0.379. The Balaban J connectivity index is 1.82. The Morgan fingerprint density at radius 3 is 2.54 bits per heavy atom. The van der Waals surface area contributed by atoms with Crippen LogP contribution < -0.4 is 30.3 Å². The molecule has 1 aromatic heterocycles. The molecule has 0 spiro atoms. The summed E-state index contributed by atoms with van der Waals surface area (Å²) in [6.07, 6.45) is 4.49. The molecule has 0 saturated heterocycles. The summed E-state index contributed by atoms with van der Waals surface area (Å²) in [5.41, 5.74) is 3.70. The van der Waals surface area contributed by atoms with Crippen molar-refractivity contribution in [3.63, 3.8) is 0 Å². The van der Waals surface area contributed by atoms with Crippen molar-refractivity contribution >= 4 is 11.6 Å². The van der Waals surface area contributed by atoms with Crippen LogP contribution in [0.2, 0.25) is 0 Å². The Morgan fingerprint density at radius 2 is 1.89 bits per heavy atom. The third kappa shape index (κ3) is 5.58. The zero-order valence-corrected chi connectivity index (χ0v) is 22.0. The molecule has 1 aliphatic carbocycles. The van der Waals surface area contributed by atoms with Crippen molar-refractivity contribution in [2.75, 3.05) is 26.6 Å². The van der Waals surface area contributed by atoms with Crippen LogP contribution in [0.3, 0.4) is 0 Å². The van der Waals surface area contributed by atoms with Gasteiger partial charge in [0.1, 0.15) is 5.76 Å². The summed E-state index contributed by atoms with van der Waals surface area (Å²) in [7, 11) is 4.74. The van der Waals surface area contributed by atoms with Gasteiger partial charge in [0.2, 0.25) is 17.1 Å². The van der Waals surface area contributed by atoms with Gasteiger partial charge in [-0.15, -0.1) is 0 Å². The fourth-order valence-corrected chi connectivity index (χ4v) is 4.98. The van der Waals surface area contributed by atoms with Crippen molar-refractivity contribution in [3.05, 3.63) is 69.8 Å². The molecule has 8 heteroatoms. The number of benzene rings is 1. The van der Waals surface area contributed by atoms with Crippen molar-refractivity contribution in [2.24, 2.45) is 0 Å². The summed E-state index contributed by atoms with van der Waals surface area (Å²) in [5.74, 6) is 2.32. The highest BCUT2D eigenvalue weighted by Gasteiger charge is 2.29. The van der Waals surface area contributed by atoms with Crippen molar-refractivity contribution < 1.29 is 23.4 Å². The van der Waals surface area contributed by atoms with Crippen molar-refractivity contribution in [1.29, 1.82) is 0 Å². The molecular formula is C29H34N2O6. The molecule has 2 aromatic carbocycles. The van der Waals surface area contributed by atoms with Gasteiger partial charge in [0.05, 0.1) is 39.3 Å². The zero-order chi connectivity index (χ0) is 26.5. The molecule has 1 aliphatic rings. The molecule has 0 radical (unpaired) electrons. The summed E-state index contributed by atoms with van der Waals surface area (Å²) < 4.78 is 22.5. The van der Waals surface area contributed by atoms with Gasteiger partial charge >= 0.3 is 0 Å². The van der Waals surface area contributed by atoms with E-state index in [1.54, 1.807) is 39.7 Å². The maximum absolute atomic E-state index is 13.4. The predicted molar refractivity (Wildman–Crippen MR) is 143 cm³/mol. The monoisotopic (exact) mass is 506 g/mol. The summed E-state index contributed by atoms with van der Waals surface area (Å²) >= 11 is 0. The average Bonchev–Trinajstić information content (AvgIpc) is 3.30. The van der Waals surface area contributed by atoms with Gasteiger partial charge in [-0.25, -0.2) is 0 Å². The van der Waals surface area contributed by atoms with E-state index >= 15 is 0 Å². The van der Waals surface area contributed by atoms with Crippen molar-refractivity contribution in [3.8, 4) is 28.4 Å². The topological polar surface area (TPSA) is 99.0 Å². The smallest absolute Gasteiger partial charge is 0.217 e. The van der Waals surface area contributed by atoms with Crippen LogP contribution in [0, 0.1) is 0 Å². The number of ether oxygens (including phenoxy) is 3. The number of methoxy groups -OCH3 is 3. The van der Waals surface area contributed by atoms with Crippen molar-refractivity contribution in [1.82, 2.24) is 5.32 Å². The summed E-state index contributed by atoms with van der Waals surface area (Å²) in [6.45, 7) is 3.52. The molecule has 3 aromatic rings. The molecule has 0 saturated carbocycles. The SMILES string of the molecule is COc1cc2c(c(OC)c1OC)-c1ccc(N[C@H](C)CCc3ccco3)c(=O)cc1[C@@H](NC(C)=O)CC2. The van der Waals surface area contributed by atoms with E-state index in [1.165, 1.54) is 6.92 Å². The normalized spacial score (nSPS) is 15.0. The number of rotatable bonds is 9. The lowest BCUT2D eigenvalue weighted by Crippen LogP contribution is -2.26. The number of furan rings is 1. The van der Waals surface area contributed by atoms with Crippen LogP contribution >= 0.6 is 0 Å². The molecule has 196 valence electrons. The first-order valence-electron chi connectivity index (χ1n) is 12.4. The third-order valence-corrected chi connectivity index (χ3v) is 6.72. The molecule has 4 rings (SSSR count). The number of anilines is 1. The molecule has 0 aliphatic heterocycles. The highest BCUT2D eigenvalue weighted by molar-refractivity contribution is 5.83. The lowest BCUT2D eigenvalue weighted by Gasteiger charge is -2.19. The summed E-state index contributed by atoms with van der Waals surface area (Å²) in [5, 5.41) is 6.40. The van der Waals surface area contributed by atoms with Crippen molar-refractivity contribution in [2.45, 2.75) is 51.6 Å². The van der Waals surface area contributed by atoms with Gasteiger partial charge in [-0.2, -0.15) is 0 Å². The minimum Gasteiger partial charge on any atom is -0.493 e. The number of aryl methyl sites for hydroxylation is 2. The van der Waals surface area contributed by atoms with E-state index in [1.807, 2.05) is 31.2 Å². The van der Waals surface area contributed by atoms with Gasteiger partial charge in [0.15, 0.2) is 11.5 Å². The highest BCUT2D eigenvalue weighted by Crippen LogP contribution is 2.50. The Bertz CT molecular complexity index is 1320. The highest BCUT2D eigenvalue weighted by atomic mass is 16.5. The molecule has 0 unspecified atom stereocenters. The van der Waals surface area contributed by atoms with E-state index in [0.29, 0.717) is 35.8 Å². The fourth-order valence-electron chi connectivity index (χ4n) is 4.98. The molecule has 2 atom stereocenters. The predicted octanol–water partition coefficient (Wildman–Crippen LogP) is 4.89. The minimum absolute atomic E-state index is 0.0392. The first kappa shape index (κ1) is 26.1. The van der Waals surface area contributed by atoms with Gasteiger partial charge in [-0.05, 0) is 73.2 Å². The number of hydrogen-bond acceptors (Lipinski definition) is 7. The lowest BCUT2D eigenvalue weighted by molar-refractivity contribution is -0.119. The first-order chi connectivity index (χ1) is 17.9. The van der Waals surface area contributed by atoms with Crippen LogP contribution in [0.15, 0.2) is 51.9 Å². The van der Waals surface area contributed by atoms with Crippen LogP contribution in [0.4, 0.5) is 5.69 Å². The third-order valence-electron chi connectivity index (χ3n) is 6.72. The second-order valence-electron chi connectivity index (χ2n) is 9.26. The molecule has 0 bridgehead atoms. The van der Waals surface area contributed by atoms with E-state index < -0.39 is 0 Å². The number of carbonyl (C=O) groups excluding carboxylic acids is 1. The van der Waals surface area contributed by atoms with E-state index in [2.05, 4.69) is 10.6 Å². The van der Waals surface area contributed by atoms with E-state index in [0.717, 1.165) is 40.9 Å². The minimum atomic E-state index is -0.342. The second-order valence-corrected chi connectivity index (χ2v) is 9.26. The number of carbonyl (C=O) groups is 1. The number of hydrogen-bond donors (Lipinski definition) is 2. The number of fused-ring (bicyclic) bond motifs is 3. The zero-order valence-electron chi connectivity index (χ0n) is 22.0. The van der Waals surface area contributed by atoms with Crippen LogP contribution in [-0.2, 0) is 17.6 Å². The molecule has 1 amide bonds. The Labute approximate surface area is 216 Å². The Morgan fingerprint density at radius 1 is 1.11 bits per heavy atom. The van der Waals surface area contributed by atoms with E-state index in [9.17, 15) is 9.59 Å². The Hall–Kier alpha value is -3.94. The van der Waals surface area contributed by atoms with E-state index in [-0.39, 0.29) is 23.4 Å². The standard InChI is InChI=1S/C29H34N2O6/c1-17(8-10-20-7-6-14-37-20)30-24-13-11-21-22(16-25(24)33)23(31-18(2)32)12-9-19-15-26(34-3)28(35-4)29(36-5)27(19)21/h6-7,11,13-17,23H,8-10,12H2,1-5H3,(H,30,33)(H,31,32)/t17-,23+/m1/s1. The van der Waals surface area contributed by atoms with Gasteiger partial charge in [0, 0.05) is 24.9 Å². The average molecular weight is 507 g/mol.